The molecule has 162 valence electrons. The number of pyridine rings is 2. The van der Waals surface area contributed by atoms with Gasteiger partial charge in [-0.25, -0.2) is 9.67 Å². The fourth-order valence-electron chi connectivity index (χ4n) is 3.41. The van der Waals surface area contributed by atoms with E-state index in [0.717, 1.165) is 5.56 Å². The van der Waals surface area contributed by atoms with Crippen molar-refractivity contribution in [2.24, 2.45) is 0 Å². The average molecular weight is 438 g/mol. The second-order valence-corrected chi connectivity index (χ2v) is 7.19. The van der Waals surface area contributed by atoms with E-state index in [2.05, 4.69) is 20.9 Å². The van der Waals surface area contributed by atoms with Gasteiger partial charge in [0.15, 0.2) is 5.65 Å². The zero-order chi connectivity index (χ0) is 22.6. The number of hydrogen-bond acceptors (Lipinski definition) is 6. The van der Waals surface area contributed by atoms with Crippen LogP contribution in [0.4, 0.5) is 0 Å². The van der Waals surface area contributed by atoms with Crippen molar-refractivity contribution in [2.45, 2.75) is 6.54 Å². The molecule has 0 saturated heterocycles. The Labute approximate surface area is 188 Å². The summed E-state index contributed by atoms with van der Waals surface area (Å²) in [5, 5.41) is 4.96. The highest BCUT2D eigenvalue weighted by molar-refractivity contribution is 6.07. The minimum atomic E-state index is -0.491. The van der Waals surface area contributed by atoms with E-state index in [9.17, 15) is 9.59 Å². The molecular formula is C24H18N6O3. The number of amides is 2. The third-order valence-electron chi connectivity index (χ3n) is 5.02. The van der Waals surface area contributed by atoms with Crippen LogP contribution in [0.1, 0.15) is 26.5 Å². The summed E-state index contributed by atoms with van der Waals surface area (Å²) >= 11 is 0. The topological polar surface area (TPSA) is 115 Å². The Balaban J connectivity index is 1.50. The number of aromatic nitrogens is 4. The number of nitrogens with zero attached hydrogens (tertiary/aromatic N) is 4. The zero-order valence-corrected chi connectivity index (χ0v) is 17.3. The summed E-state index contributed by atoms with van der Waals surface area (Å²) in [6, 6.07) is 18.1. The normalized spacial score (nSPS) is 10.8. The first-order chi connectivity index (χ1) is 16.2. The molecule has 5 aromatic rings. The predicted molar refractivity (Wildman–Crippen MR) is 120 cm³/mol. The molecule has 9 heteroatoms. The van der Waals surface area contributed by atoms with E-state index in [1.54, 1.807) is 47.6 Å². The second-order valence-electron chi connectivity index (χ2n) is 7.19. The van der Waals surface area contributed by atoms with Crippen LogP contribution in [0.25, 0.3) is 22.3 Å². The maximum Gasteiger partial charge on any atom is 0.271 e. The van der Waals surface area contributed by atoms with Gasteiger partial charge in [-0.2, -0.15) is 5.10 Å². The highest BCUT2D eigenvalue weighted by atomic mass is 16.3. The Hall–Kier alpha value is -4.79. The second kappa shape index (κ2) is 8.75. The van der Waals surface area contributed by atoms with E-state index in [1.807, 2.05) is 36.4 Å². The lowest BCUT2D eigenvalue weighted by Gasteiger charge is -2.10. The first-order valence-electron chi connectivity index (χ1n) is 10.1. The van der Waals surface area contributed by atoms with E-state index in [0.29, 0.717) is 40.2 Å². The maximum absolute atomic E-state index is 13.1. The molecule has 33 heavy (non-hydrogen) atoms. The number of hydrazine groups is 1. The van der Waals surface area contributed by atoms with Gasteiger partial charge in [-0.15, -0.1) is 0 Å². The summed E-state index contributed by atoms with van der Waals surface area (Å²) in [6.45, 7) is 0.362. The molecule has 0 spiro atoms. The summed E-state index contributed by atoms with van der Waals surface area (Å²) < 4.78 is 7.11. The lowest BCUT2D eigenvalue weighted by molar-refractivity contribution is 0.0847. The smallest absolute Gasteiger partial charge is 0.271 e. The van der Waals surface area contributed by atoms with Gasteiger partial charge in [0.05, 0.1) is 34.7 Å². The van der Waals surface area contributed by atoms with Gasteiger partial charge >= 0.3 is 0 Å². The van der Waals surface area contributed by atoms with Gasteiger partial charge in [-0.05, 0) is 30.3 Å². The Bertz CT molecular complexity index is 1410. The molecule has 0 saturated carbocycles. The molecule has 5 rings (SSSR count). The molecular weight excluding hydrogens is 420 g/mol. The molecule has 1 aromatic carbocycles. The summed E-state index contributed by atoms with van der Waals surface area (Å²) in [5.41, 5.74) is 7.53. The molecule has 0 radical (unpaired) electrons. The molecule has 0 bridgehead atoms. The van der Waals surface area contributed by atoms with Crippen LogP contribution in [0.3, 0.4) is 0 Å². The monoisotopic (exact) mass is 438 g/mol. The standard InChI is InChI=1S/C24H18N6O3/c31-23(17-8-4-10-25-13-17)28-29-24(32)19-12-21(16-6-2-1-3-7-16)27-22-20(19)14-26-30(22)15-18-9-5-11-33-18/h1-14H,15H2,(H,28,31)(H,29,32). The predicted octanol–water partition coefficient (Wildman–Crippen LogP) is 3.21. The lowest BCUT2D eigenvalue weighted by atomic mass is 10.1. The number of benzene rings is 1. The molecule has 0 aliphatic carbocycles. The van der Waals surface area contributed by atoms with Gasteiger partial charge < -0.3 is 4.42 Å². The number of furan rings is 1. The minimum Gasteiger partial charge on any atom is -0.467 e. The van der Waals surface area contributed by atoms with Crippen LogP contribution < -0.4 is 10.9 Å². The van der Waals surface area contributed by atoms with Crippen LogP contribution in [0.2, 0.25) is 0 Å². The molecule has 0 unspecified atom stereocenters. The number of nitrogens with one attached hydrogen (secondary N) is 2. The minimum absolute atomic E-state index is 0.328. The van der Waals surface area contributed by atoms with Gasteiger partial charge in [0, 0.05) is 18.0 Å². The van der Waals surface area contributed by atoms with Crippen molar-refractivity contribution in [3.05, 3.63) is 102 Å². The quantitative estimate of drug-likeness (QED) is 0.407. The van der Waals surface area contributed by atoms with Crippen molar-refractivity contribution in [3.8, 4) is 11.3 Å². The molecule has 2 amide bonds. The van der Waals surface area contributed by atoms with Gasteiger partial charge in [0.25, 0.3) is 11.8 Å². The van der Waals surface area contributed by atoms with Crippen LogP contribution in [-0.2, 0) is 6.54 Å². The summed E-state index contributed by atoms with van der Waals surface area (Å²) in [4.78, 5) is 34.1. The van der Waals surface area contributed by atoms with E-state index < -0.39 is 11.8 Å². The van der Waals surface area contributed by atoms with Gasteiger partial charge in [0.1, 0.15) is 12.3 Å². The van der Waals surface area contributed by atoms with E-state index in [-0.39, 0.29) is 0 Å². The number of rotatable bonds is 5. The van der Waals surface area contributed by atoms with Crippen LogP contribution >= 0.6 is 0 Å². The Morgan fingerprint density at radius 2 is 1.79 bits per heavy atom. The number of carbonyl (C=O) groups is 2. The van der Waals surface area contributed by atoms with E-state index in [1.165, 1.54) is 6.20 Å². The third kappa shape index (κ3) is 4.19. The Morgan fingerprint density at radius 1 is 0.939 bits per heavy atom. The summed E-state index contributed by atoms with van der Waals surface area (Å²) in [6.07, 6.45) is 6.15. The summed E-state index contributed by atoms with van der Waals surface area (Å²) in [5.74, 6) is -0.255. The molecule has 0 atom stereocenters. The third-order valence-corrected chi connectivity index (χ3v) is 5.02. The molecule has 2 N–H and O–H groups in total. The van der Waals surface area contributed by atoms with Crippen LogP contribution in [0.5, 0.6) is 0 Å². The van der Waals surface area contributed by atoms with Crippen molar-refractivity contribution in [2.75, 3.05) is 0 Å². The fourth-order valence-corrected chi connectivity index (χ4v) is 3.41. The van der Waals surface area contributed by atoms with Crippen LogP contribution in [-0.4, -0.2) is 31.6 Å². The highest BCUT2D eigenvalue weighted by Gasteiger charge is 2.19. The first-order valence-corrected chi connectivity index (χ1v) is 10.1. The van der Waals surface area contributed by atoms with E-state index in [4.69, 9.17) is 9.40 Å². The molecule has 0 aliphatic heterocycles. The summed E-state index contributed by atoms with van der Waals surface area (Å²) in [7, 11) is 0. The Kier molecular flexibility index (Phi) is 5.34. The van der Waals surface area contributed by atoms with Gasteiger partial charge in [-0.3, -0.25) is 25.4 Å². The fraction of sp³-hybridized carbons (Fsp3) is 0.0417. The van der Waals surface area contributed by atoms with Crippen molar-refractivity contribution in [3.63, 3.8) is 0 Å². The maximum atomic E-state index is 13.1. The highest BCUT2D eigenvalue weighted by Crippen LogP contribution is 2.25. The number of hydrogen-bond donors (Lipinski definition) is 2. The van der Waals surface area contributed by atoms with Gasteiger partial charge in [-0.1, -0.05) is 30.3 Å². The van der Waals surface area contributed by atoms with Crippen LogP contribution in [0.15, 0.2) is 89.9 Å². The molecule has 4 heterocycles. The average Bonchev–Trinajstić information content (AvgIpc) is 3.53. The van der Waals surface area contributed by atoms with Crippen LogP contribution in [0, 0.1) is 0 Å². The lowest BCUT2D eigenvalue weighted by Crippen LogP contribution is -2.41. The van der Waals surface area contributed by atoms with Crippen molar-refractivity contribution in [1.29, 1.82) is 0 Å². The Morgan fingerprint density at radius 3 is 2.55 bits per heavy atom. The number of carbonyl (C=O) groups excluding carboxylic acids is 2. The van der Waals surface area contributed by atoms with Crippen molar-refractivity contribution < 1.29 is 14.0 Å². The molecule has 4 aromatic heterocycles. The first kappa shape index (κ1) is 20.1. The van der Waals surface area contributed by atoms with Gasteiger partial charge in [0.2, 0.25) is 0 Å². The SMILES string of the molecule is O=C(NNC(=O)c1cc(-c2ccccc2)nc2c1cnn2Cc1ccco1)c1cccnc1. The van der Waals surface area contributed by atoms with E-state index >= 15 is 0 Å². The van der Waals surface area contributed by atoms with Crippen molar-refractivity contribution in [1.82, 2.24) is 30.6 Å². The molecule has 0 fully saturated rings. The number of fused-ring (bicyclic) bond motifs is 1. The van der Waals surface area contributed by atoms with Crippen molar-refractivity contribution >= 4 is 22.8 Å². The molecule has 9 nitrogen and oxygen atoms in total. The largest absolute Gasteiger partial charge is 0.467 e. The molecule has 0 aliphatic rings. The zero-order valence-electron chi connectivity index (χ0n) is 17.3.